The predicted molar refractivity (Wildman–Crippen MR) is 66.5 cm³/mol. The van der Waals surface area contributed by atoms with E-state index in [0.29, 0.717) is 26.1 Å². The molecule has 1 aliphatic rings. The van der Waals surface area contributed by atoms with Crippen molar-refractivity contribution in [3.05, 3.63) is 48.4 Å². The van der Waals surface area contributed by atoms with Crippen molar-refractivity contribution in [2.75, 3.05) is 13.2 Å². The normalized spacial score (nSPS) is 16.3. The number of hydrogen-bond acceptors (Lipinski definition) is 4. The standard InChI is InChI=1S/C14H18O4/c15-8-6-14(17-10-11-18-14)7-9-16-12-13-4-2-1-3-5-13/h1-5,10-11,15H,6-9,12H2. The van der Waals surface area contributed by atoms with Crippen molar-refractivity contribution in [3.63, 3.8) is 0 Å². The third kappa shape index (κ3) is 3.48. The summed E-state index contributed by atoms with van der Waals surface area (Å²) in [7, 11) is 0. The predicted octanol–water partition coefficient (Wildman–Crippen LogP) is 2.19. The molecule has 1 heterocycles. The molecule has 0 aliphatic carbocycles. The van der Waals surface area contributed by atoms with Crippen molar-refractivity contribution in [1.82, 2.24) is 0 Å². The fourth-order valence-corrected chi connectivity index (χ4v) is 1.85. The Morgan fingerprint density at radius 2 is 1.78 bits per heavy atom. The van der Waals surface area contributed by atoms with Crippen molar-refractivity contribution in [2.45, 2.75) is 25.2 Å². The van der Waals surface area contributed by atoms with Crippen molar-refractivity contribution in [2.24, 2.45) is 0 Å². The van der Waals surface area contributed by atoms with E-state index in [0.717, 1.165) is 5.56 Å². The van der Waals surface area contributed by atoms with Gasteiger partial charge in [-0.25, -0.2) is 0 Å². The van der Waals surface area contributed by atoms with Crippen LogP contribution in [0.15, 0.2) is 42.9 Å². The molecular formula is C14H18O4. The highest BCUT2D eigenvalue weighted by Crippen LogP contribution is 2.27. The summed E-state index contributed by atoms with van der Waals surface area (Å²) >= 11 is 0. The van der Waals surface area contributed by atoms with E-state index in [1.165, 1.54) is 12.5 Å². The van der Waals surface area contributed by atoms with Crippen molar-refractivity contribution in [3.8, 4) is 0 Å². The van der Waals surface area contributed by atoms with Crippen LogP contribution in [0.1, 0.15) is 18.4 Å². The second-order valence-corrected chi connectivity index (χ2v) is 4.18. The first-order valence-corrected chi connectivity index (χ1v) is 6.08. The van der Waals surface area contributed by atoms with Gasteiger partial charge in [-0.15, -0.1) is 0 Å². The molecule has 2 rings (SSSR count). The van der Waals surface area contributed by atoms with Gasteiger partial charge in [0.1, 0.15) is 12.5 Å². The van der Waals surface area contributed by atoms with Crippen LogP contribution in [0.2, 0.25) is 0 Å². The lowest BCUT2D eigenvalue weighted by molar-refractivity contribution is -0.166. The number of aliphatic hydroxyl groups excluding tert-OH is 1. The largest absolute Gasteiger partial charge is 0.457 e. The van der Waals surface area contributed by atoms with Crippen LogP contribution in [-0.4, -0.2) is 24.1 Å². The molecule has 0 saturated heterocycles. The van der Waals surface area contributed by atoms with Crippen LogP contribution in [0.25, 0.3) is 0 Å². The van der Waals surface area contributed by atoms with Gasteiger partial charge >= 0.3 is 0 Å². The van der Waals surface area contributed by atoms with E-state index < -0.39 is 5.79 Å². The van der Waals surface area contributed by atoms with Crippen LogP contribution in [0, 0.1) is 0 Å². The van der Waals surface area contributed by atoms with Crippen molar-refractivity contribution in [1.29, 1.82) is 0 Å². The lowest BCUT2D eigenvalue weighted by Crippen LogP contribution is -2.32. The number of benzene rings is 1. The molecule has 18 heavy (non-hydrogen) atoms. The van der Waals surface area contributed by atoms with Gasteiger partial charge in [0.15, 0.2) is 0 Å². The molecule has 0 fully saturated rings. The summed E-state index contributed by atoms with van der Waals surface area (Å²) in [6.07, 6.45) is 4.04. The Morgan fingerprint density at radius 1 is 1.06 bits per heavy atom. The molecule has 0 amide bonds. The van der Waals surface area contributed by atoms with E-state index >= 15 is 0 Å². The zero-order valence-corrected chi connectivity index (χ0v) is 10.2. The van der Waals surface area contributed by atoms with Crippen LogP contribution in [0.4, 0.5) is 0 Å². The molecule has 0 saturated carbocycles. The molecule has 4 heteroatoms. The zero-order chi connectivity index (χ0) is 12.7. The second-order valence-electron chi connectivity index (χ2n) is 4.18. The van der Waals surface area contributed by atoms with Crippen LogP contribution in [-0.2, 0) is 20.8 Å². The molecule has 98 valence electrons. The van der Waals surface area contributed by atoms with Gasteiger partial charge in [0.2, 0.25) is 0 Å². The lowest BCUT2D eigenvalue weighted by atomic mass is 10.1. The quantitative estimate of drug-likeness (QED) is 0.754. The first-order chi connectivity index (χ1) is 8.85. The molecule has 4 nitrogen and oxygen atoms in total. The Labute approximate surface area is 107 Å². The van der Waals surface area contributed by atoms with E-state index in [9.17, 15) is 0 Å². The lowest BCUT2D eigenvalue weighted by Gasteiger charge is -2.26. The van der Waals surface area contributed by atoms with Gasteiger partial charge in [-0.2, -0.15) is 0 Å². The Kier molecular flexibility index (Phi) is 4.61. The number of hydrogen-bond donors (Lipinski definition) is 1. The minimum Gasteiger partial charge on any atom is -0.457 e. The minimum atomic E-state index is -0.745. The average Bonchev–Trinajstić information content (AvgIpc) is 2.86. The monoisotopic (exact) mass is 250 g/mol. The molecule has 1 aromatic rings. The van der Waals surface area contributed by atoms with Gasteiger partial charge in [-0.3, -0.25) is 0 Å². The Hall–Kier alpha value is -1.52. The fraction of sp³-hybridized carbons (Fsp3) is 0.429. The smallest absolute Gasteiger partial charge is 0.254 e. The number of ether oxygens (including phenoxy) is 3. The summed E-state index contributed by atoms with van der Waals surface area (Å²) in [4.78, 5) is 0. The number of aliphatic hydroxyl groups is 1. The van der Waals surface area contributed by atoms with Gasteiger partial charge in [0, 0.05) is 12.8 Å². The summed E-state index contributed by atoms with van der Waals surface area (Å²) in [6, 6.07) is 9.99. The van der Waals surface area contributed by atoms with Crippen LogP contribution in [0.5, 0.6) is 0 Å². The maximum absolute atomic E-state index is 9.00. The van der Waals surface area contributed by atoms with Crippen LogP contribution >= 0.6 is 0 Å². The highest BCUT2D eigenvalue weighted by Gasteiger charge is 2.34. The van der Waals surface area contributed by atoms with Gasteiger partial charge in [0.25, 0.3) is 5.79 Å². The SMILES string of the molecule is OCCC1(CCOCc2ccccc2)OC=CO1. The molecule has 1 N–H and O–H groups in total. The van der Waals surface area contributed by atoms with E-state index in [1.807, 2.05) is 30.3 Å². The van der Waals surface area contributed by atoms with Crippen LogP contribution in [0.3, 0.4) is 0 Å². The van der Waals surface area contributed by atoms with E-state index in [-0.39, 0.29) is 6.61 Å². The Bertz CT molecular complexity index is 367. The van der Waals surface area contributed by atoms with E-state index in [2.05, 4.69) is 0 Å². The molecule has 0 bridgehead atoms. The van der Waals surface area contributed by atoms with Crippen LogP contribution < -0.4 is 0 Å². The third-order valence-corrected chi connectivity index (χ3v) is 2.85. The maximum Gasteiger partial charge on any atom is 0.254 e. The molecular weight excluding hydrogens is 232 g/mol. The summed E-state index contributed by atoms with van der Waals surface area (Å²) in [6.45, 7) is 1.13. The molecule has 0 spiro atoms. The average molecular weight is 250 g/mol. The number of rotatable bonds is 7. The van der Waals surface area contributed by atoms with Gasteiger partial charge in [-0.1, -0.05) is 30.3 Å². The van der Waals surface area contributed by atoms with Crippen molar-refractivity contribution >= 4 is 0 Å². The maximum atomic E-state index is 9.00. The summed E-state index contributed by atoms with van der Waals surface area (Å²) in [5.74, 6) is -0.745. The fourth-order valence-electron chi connectivity index (χ4n) is 1.85. The topological polar surface area (TPSA) is 47.9 Å². The highest BCUT2D eigenvalue weighted by atomic mass is 16.7. The van der Waals surface area contributed by atoms with E-state index in [4.69, 9.17) is 19.3 Å². The molecule has 0 aromatic heterocycles. The first kappa shape index (κ1) is 12.9. The van der Waals surface area contributed by atoms with Gasteiger partial charge in [-0.05, 0) is 5.56 Å². The highest BCUT2D eigenvalue weighted by molar-refractivity contribution is 5.13. The zero-order valence-electron chi connectivity index (χ0n) is 10.2. The summed E-state index contributed by atoms with van der Waals surface area (Å²) in [5.41, 5.74) is 1.14. The van der Waals surface area contributed by atoms with Gasteiger partial charge < -0.3 is 19.3 Å². The molecule has 1 aliphatic heterocycles. The Balaban J connectivity index is 1.71. The summed E-state index contributed by atoms with van der Waals surface area (Å²) < 4.78 is 16.4. The molecule has 0 unspecified atom stereocenters. The van der Waals surface area contributed by atoms with E-state index in [1.54, 1.807) is 0 Å². The molecule has 0 atom stereocenters. The molecule has 1 aromatic carbocycles. The third-order valence-electron chi connectivity index (χ3n) is 2.85. The van der Waals surface area contributed by atoms with Crippen molar-refractivity contribution < 1.29 is 19.3 Å². The molecule has 0 radical (unpaired) electrons. The first-order valence-electron chi connectivity index (χ1n) is 6.08. The second kappa shape index (κ2) is 6.42. The Morgan fingerprint density at radius 3 is 2.44 bits per heavy atom. The van der Waals surface area contributed by atoms with Gasteiger partial charge in [0.05, 0.1) is 19.8 Å². The summed E-state index contributed by atoms with van der Waals surface area (Å²) in [5, 5.41) is 9.00. The minimum absolute atomic E-state index is 0.0281.